The van der Waals surface area contributed by atoms with Gasteiger partial charge in [0.1, 0.15) is 15.4 Å². The van der Waals surface area contributed by atoms with Crippen molar-refractivity contribution in [2.24, 2.45) is 0 Å². The number of alkyl halides is 3. The lowest BCUT2D eigenvalue weighted by Crippen LogP contribution is -2.59. The second-order valence-electron chi connectivity index (χ2n) is 3.48. The molecule has 1 fully saturated rings. The summed E-state index contributed by atoms with van der Waals surface area (Å²) < 4.78 is 59.7. The Labute approximate surface area is 80.6 Å². The van der Waals surface area contributed by atoms with Gasteiger partial charge in [-0.05, 0) is 19.9 Å². The zero-order valence-corrected chi connectivity index (χ0v) is 8.50. The molecule has 7 heteroatoms. The molecule has 0 aromatic heterocycles. The van der Waals surface area contributed by atoms with Gasteiger partial charge in [-0.3, -0.25) is 0 Å². The molecule has 1 N–H and O–H groups in total. The molecule has 0 aliphatic carbocycles. The molecule has 1 saturated heterocycles. The largest absolute Gasteiger partial charge is 0.406 e. The van der Waals surface area contributed by atoms with E-state index < -0.39 is 45.9 Å². The van der Waals surface area contributed by atoms with E-state index in [1.807, 2.05) is 0 Å². The lowest BCUT2D eigenvalue weighted by atomic mass is 9.92. The van der Waals surface area contributed by atoms with Crippen molar-refractivity contribution < 1.29 is 21.6 Å². The van der Waals surface area contributed by atoms with Crippen LogP contribution in [0.4, 0.5) is 13.2 Å². The standard InChI is InChI=1S/C7H12F3NO2S/c1-11-6(7(8,9)10)2-4-14(12,13)5-3-6/h11H,2-5H2,1H3. The molecule has 0 amide bonds. The van der Waals surface area contributed by atoms with Crippen molar-refractivity contribution in [1.29, 1.82) is 0 Å². The third-order valence-electron chi connectivity index (χ3n) is 2.70. The average Bonchev–Trinajstić information content (AvgIpc) is 2.03. The van der Waals surface area contributed by atoms with Crippen LogP contribution in [0.2, 0.25) is 0 Å². The summed E-state index contributed by atoms with van der Waals surface area (Å²) in [4.78, 5) is 0. The van der Waals surface area contributed by atoms with Crippen molar-refractivity contribution in [2.75, 3.05) is 18.6 Å². The maximum absolute atomic E-state index is 12.6. The van der Waals surface area contributed by atoms with Crippen molar-refractivity contribution in [2.45, 2.75) is 24.6 Å². The van der Waals surface area contributed by atoms with Crippen LogP contribution in [0.5, 0.6) is 0 Å². The predicted molar refractivity (Wildman–Crippen MR) is 45.7 cm³/mol. The van der Waals surface area contributed by atoms with Gasteiger partial charge in [0.25, 0.3) is 0 Å². The Hall–Kier alpha value is -0.300. The SMILES string of the molecule is CNC1(C(F)(F)F)CCS(=O)(=O)CC1. The third-order valence-corrected chi connectivity index (χ3v) is 4.35. The molecule has 1 aliphatic heterocycles. The fourth-order valence-corrected chi connectivity index (χ4v) is 3.08. The molecule has 14 heavy (non-hydrogen) atoms. The summed E-state index contributed by atoms with van der Waals surface area (Å²) in [6.45, 7) is 0. The second kappa shape index (κ2) is 3.37. The summed E-state index contributed by atoms with van der Waals surface area (Å²) in [6, 6.07) is 0. The van der Waals surface area contributed by atoms with Crippen molar-refractivity contribution in [3.8, 4) is 0 Å². The molecule has 1 rings (SSSR count). The lowest BCUT2D eigenvalue weighted by molar-refractivity contribution is -0.197. The molecule has 0 aromatic rings. The number of sulfone groups is 1. The summed E-state index contributed by atoms with van der Waals surface area (Å²) in [6.07, 6.45) is -5.18. The van der Waals surface area contributed by atoms with Gasteiger partial charge in [0.2, 0.25) is 0 Å². The van der Waals surface area contributed by atoms with E-state index in [0.29, 0.717) is 0 Å². The quantitative estimate of drug-likeness (QED) is 0.723. The maximum Gasteiger partial charge on any atom is 0.406 e. The van der Waals surface area contributed by atoms with Gasteiger partial charge < -0.3 is 5.32 Å². The Morgan fingerprint density at radius 1 is 1.21 bits per heavy atom. The zero-order valence-electron chi connectivity index (χ0n) is 7.69. The molecular formula is C7H12F3NO2S. The Kier molecular flexibility index (Phi) is 2.84. The fraction of sp³-hybridized carbons (Fsp3) is 1.00. The van der Waals surface area contributed by atoms with Gasteiger partial charge in [0, 0.05) is 0 Å². The lowest BCUT2D eigenvalue weighted by Gasteiger charge is -2.38. The minimum absolute atomic E-state index is 0.394. The molecule has 0 aromatic carbocycles. The number of hydrogen-bond donors (Lipinski definition) is 1. The van der Waals surface area contributed by atoms with Crippen LogP contribution in [0.15, 0.2) is 0 Å². The summed E-state index contributed by atoms with van der Waals surface area (Å²) in [5, 5.41) is 2.21. The highest BCUT2D eigenvalue weighted by Crippen LogP contribution is 2.38. The van der Waals surface area contributed by atoms with Crippen molar-refractivity contribution in [3.05, 3.63) is 0 Å². The van der Waals surface area contributed by atoms with E-state index in [9.17, 15) is 21.6 Å². The molecule has 0 spiro atoms. The molecule has 3 nitrogen and oxygen atoms in total. The zero-order chi connectivity index (χ0) is 11.0. The first-order valence-electron chi connectivity index (χ1n) is 4.18. The van der Waals surface area contributed by atoms with Crippen LogP contribution in [0.25, 0.3) is 0 Å². The Morgan fingerprint density at radius 3 is 1.93 bits per heavy atom. The maximum atomic E-state index is 12.6. The van der Waals surface area contributed by atoms with Gasteiger partial charge in [0.05, 0.1) is 11.5 Å². The molecule has 0 bridgehead atoms. The fourth-order valence-electron chi connectivity index (χ4n) is 1.56. The van der Waals surface area contributed by atoms with Crippen LogP contribution in [0.1, 0.15) is 12.8 Å². The summed E-state index contributed by atoms with van der Waals surface area (Å²) in [5.41, 5.74) is -2.02. The van der Waals surface area contributed by atoms with E-state index in [1.165, 1.54) is 7.05 Å². The van der Waals surface area contributed by atoms with E-state index in [1.54, 1.807) is 0 Å². The van der Waals surface area contributed by atoms with Crippen LogP contribution in [0, 0.1) is 0 Å². The van der Waals surface area contributed by atoms with Crippen LogP contribution >= 0.6 is 0 Å². The van der Waals surface area contributed by atoms with Gasteiger partial charge in [-0.2, -0.15) is 13.2 Å². The van der Waals surface area contributed by atoms with Gasteiger partial charge in [-0.15, -0.1) is 0 Å². The number of nitrogens with one attached hydrogen (secondary N) is 1. The Balaban J connectivity index is 2.87. The van der Waals surface area contributed by atoms with Gasteiger partial charge in [-0.25, -0.2) is 8.42 Å². The predicted octanol–water partition coefficient (Wildman–Crippen LogP) is 0.716. The molecule has 0 radical (unpaired) electrons. The van der Waals surface area contributed by atoms with Gasteiger partial charge in [0.15, 0.2) is 0 Å². The number of hydrogen-bond acceptors (Lipinski definition) is 3. The van der Waals surface area contributed by atoms with Crippen molar-refractivity contribution >= 4 is 9.84 Å². The Bertz CT molecular complexity index is 295. The number of halogens is 3. The van der Waals surface area contributed by atoms with E-state index >= 15 is 0 Å². The van der Waals surface area contributed by atoms with E-state index in [-0.39, 0.29) is 0 Å². The molecule has 1 aliphatic rings. The smallest absolute Gasteiger partial charge is 0.307 e. The monoisotopic (exact) mass is 231 g/mol. The summed E-state index contributed by atoms with van der Waals surface area (Å²) in [5.74, 6) is -0.791. The third kappa shape index (κ3) is 2.03. The van der Waals surface area contributed by atoms with Crippen LogP contribution < -0.4 is 5.32 Å². The molecule has 84 valence electrons. The highest BCUT2D eigenvalue weighted by Gasteiger charge is 2.55. The first-order valence-corrected chi connectivity index (χ1v) is 6.01. The molecule has 0 atom stereocenters. The first kappa shape index (κ1) is 11.8. The Morgan fingerprint density at radius 2 is 1.64 bits per heavy atom. The van der Waals surface area contributed by atoms with Crippen LogP contribution in [0.3, 0.4) is 0 Å². The first-order chi connectivity index (χ1) is 6.22. The van der Waals surface area contributed by atoms with Crippen molar-refractivity contribution in [3.63, 3.8) is 0 Å². The highest BCUT2D eigenvalue weighted by atomic mass is 32.2. The van der Waals surface area contributed by atoms with E-state index in [4.69, 9.17) is 0 Å². The van der Waals surface area contributed by atoms with Gasteiger partial charge >= 0.3 is 6.18 Å². The van der Waals surface area contributed by atoms with E-state index in [2.05, 4.69) is 5.32 Å². The van der Waals surface area contributed by atoms with Gasteiger partial charge in [-0.1, -0.05) is 0 Å². The van der Waals surface area contributed by atoms with Crippen LogP contribution in [-0.2, 0) is 9.84 Å². The number of rotatable bonds is 1. The molecule has 1 heterocycles. The summed E-state index contributed by atoms with van der Waals surface area (Å²) >= 11 is 0. The minimum Gasteiger partial charge on any atom is -0.307 e. The average molecular weight is 231 g/mol. The van der Waals surface area contributed by atoms with E-state index in [0.717, 1.165) is 0 Å². The van der Waals surface area contributed by atoms with Crippen LogP contribution in [-0.4, -0.2) is 38.7 Å². The molecular weight excluding hydrogens is 219 g/mol. The summed E-state index contributed by atoms with van der Waals surface area (Å²) in [7, 11) is -2.05. The second-order valence-corrected chi connectivity index (χ2v) is 5.79. The molecule has 0 unspecified atom stereocenters. The minimum atomic E-state index is -4.39. The topological polar surface area (TPSA) is 46.2 Å². The highest BCUT2D eigenvalue weighted by molar-refractivity contribution is 7.91. The van der Waals surface area contributed by atoms with Crippen molar-refractivity contribution in [1.82, 2.24) is 5.32 Å². The molecule has 0 saturated carbocycles. The normalized spacial score (nSPS) is 26.0.